The number of carbonyl (C=O) groups is 2. The van der Waals surface area contributed by atoms with Gasteiger partial charge in [0.1, 0.15) is 12.3 Å². The number of likely N-dealkylation sites (N-methyl/N-ethyl adjacent to an activating group) is 1. The highest BCUT2D eigenvalue weighted by Crippen LogP contribution is 1.98. The largest absolute Gasteiger partial charge is 0.480 e. The number of hydrogen-bond donors (Lipinski definition) is 3. The summed E-state index contributed by atoms with van der Waals surface area (Å²) in [4.78, 5) is 23.1. The highest BCUT2D eigenvalue weighted by atomic mass is 16.4. The minimum Gasteiger partial charge on any atom is -0.480 e. The van der Waals surface area contributed by atoms with E-state index in [4.69, 9.17) is 5.11 Å². The van der Waals surface area contributed by atoms with Gasteiger partial charge in [0.2, 0.25) is 5.91 Å². The van der Waals surface area contributed by atoms with Crippen LogP contribution in [-0.2, 0) is 9.59 Å². The molecule has 1 aliphatic rings. The fourth-order valence-electron chi connectivity index (χ4n) is 1.10. The summed E-state index contributed by atoms with van der Waals surface area (Å²) in [5.41, 5.74) is 0. The number of amides is 1. The number of rotatable bonds is 3. The van der Waals surface area contributed by atoms with Crippen LogP contribution in [0.15, 0.2) is 0 Å². The fraction of sp³-hybridized carbons (Fsp3) is 0.714. The summed E-state index contributed by atoms with van der Waals surface area (Å²) in [5, 5.41) is 14.0. The number of carboxylic acids is 1. The zero-order chi connectivity index (χ0) is 10.0. The molecule has 13 heavy (non-hydrogen) atoms. The molecule has 1 saturated heterocycles. The highest BCUT2D eigenvalue weighted by molar-refractivity contribution is 5.80. The smallest absolute Gasteiger partial charge is 0.320 e. The minimum absolute atomic E-state index is 0.0995. The molecule has 1 rings (SSSR count). The molecule has 0 aromatic heterocycles. The topological polar surface area (TPSA) is 81.7 Å². The summed E-state index contributed by atoms with van der Waals surface area (Å²) < 4.78 is 0. The second-order valence-electron chi connectivity index (χ2n) is 3.11. The van der Waals surface area contributed by atoms with Gasteiger partial charge < -0.3 is 10.4 Å². The van der Waals surface area contributed by atoms with Gasteiger partial charge in [0.25, 0.3) is 0 Å². The van der Waals surface area contributed by atoms with E-state index in [1.807, 2.05) is 0 Å². The van der Waals surface area contributed by atoms with E-state index >= 15 is 0 Å². The molecular weight excluding hydrogens is 174 g/mol. The molecule has 0 bridgehead atoms. The van der Waals surface area contributed by atoms with Crippen molar-refractivity contribution in [2.45, 2.75) is 19.3 Å². The van der Waals surface area contributed by atoms with Gasteiger partial charge in [-0.2, -0.15) is 0 Å². The van der Waals surface area contributed by atoms with E-state index in [9.17, 15) is 9.59 Å². The molecule has 0 saturated carbocycles. The highest BCUT2D eigenvalue weighted by Gasteiger charge is 2.28. The molecule has 1 fully saturated rings. The first kappa shape index (κ1) is 9.94. The third-order valence-electron chi connectivity index (χ3n) is 1.91. The van der Waals surface area contributed by atoms with Gasteiger partial charge in [-0.05, 0) is 14.0 Å². The van der Waals surface area contributed by atoms with Crippen LogP contribution in [0.1, 0.15) is 6.92 Å². The van der Waals surface area contributed by atoms with Gasteiger partial charge in [-0.3, -0.25) is 19.8 Å². The molecule has 1 aliphatic heterocycles. The van der Waals surface area contributed by atoms with E-state index in [2.05, 4.69) is 10.6 Å². The number of aliphatic carboxylic acids is 1. The third kappa shape index (κ3) is 2.40. The van der Waals surface area contributed by atoms with Crippen molar-refractivity contribution < 1.29 is 14.7 Å². The van der Waals surface area contributed by atoms with Crippen LogP contribution in [0, 0.1) is 0 Å². The Bertz CT molecular complexity index is 231. The van der Waals surface area contributed by atoms with Crippen LogP contribution in [-0.4, -0.2) is 47.8 Å². The first-order valence-corrected chi connectivity index (χ1v) is 3.99. The zero-order valence-electron chi connectivity index (χ0n) is 7.57. The lowest BCUT2D eigenvalue weighted by Gasteiger charge is -2.21. The van der Waals surface area contributed by atoms with Crippen LogP contribution in [0.4, 0.5) is 0 Å². The summed E-state index contributed by atoms with van der Waals surface area (Å²) in [6.45, 7) is 1.82. The minimum atomic E-state index is -0.936. The molecule has 2 atom stereocenters. The van der Waals surface area contributed by atoms with Crippen molar-refractivity contribution in [2.75, 3.05) is 13.6 Å². The Labute approximate surface area is 75.9 Å². The molecule has 3 N–H and O–H groups in total. The van der Waals surface area contributed by atoms with Gasteiger partial charge in [0.15, 0.2) is 0 Å². The molecule has 6 nitrogen and oxygen atoms in total. The molecule has 74 valence electrons. The van der Waals surface area contributed by atoms with Crippen LogP contribution in [0.3, 0.4) is 0 Å². The maximum Gasteiger partial charge on any atom is 0.320 e. The molecule has 6 heteroatoms. The summed E-state index contributed by atoms with van der Waals surface area (Å²) in [6.07, 6.45) is -0.376. The summed E-state index contributed by atoms with van der Waals surface area (Å²) in [7, 11) is 1.74. The van der Waals surface area contributed by atoms with Crippen molar-refractivity contribution >= 4 is 11.9 Å². The number of hydrogen-bond acceptors (Lipinski definition) is 4. The Morgan fingerprint density at radius 2 is 2.46 bits per heavy atom. The Kier molecular flexibility index (Phi) is 2.84. The van der Waals surface area contributed by atoms with E-state index in [1.165, 1.54) is 6.92 Å². The summed E-state index contributed by atoms with van der Waals surface area (Å²) in [5.74, 6) is -1.04. The molecular formula is C7H13N3O3. The SMILES string of the molecule is C[C@H](NC1NC(=O)CN1C)C(=O)O. The van der Waals surface area contributed by atoms with Crippen LogP contribution >= 0.6 is 0 Å². The Morgan fingerprint density at radius 3 is 2.85 bits per heavy atom. The van der Waals surface area contributed by atoms with E-state index in [0.29, 0.717) is 6.54 Å². The van der Waals surface area contributed by atoms with Crippen molar-refractivity contribution in [3.63, 3.8) is 0 Å². The Hall–Kier alpha value is -1.14. The van der Waals surface area contributed by atoms with Gasteiger partial charge in [0, 0.05) is 0 Å². The number of nitrogens with zero attached hydrogens (tertiary/aromatic N) is 1. The maximum atomic E-state index is 10.9. The second-order valence-corrected chi connectivity index (χ2v) is 3.11. The number of carbonyl (C=O) groups excluding carboxylic acids is 1. The lowest BCUT2D eigenvalue weighted by molar-refractivity contribution is -0.139. The van der Waals surface area contributed by atoms with Gasteiger partial charge in [-0.15, -0.1) is 0 Å². The van der Waals surface area contributed by atoms with Gasteiger partial charge in [-0.1, -0.05) is 0 Å². The molecule has 0 aromatic carbocycles. The van der Waals surface area contributed by atoms with Crippen molar-refractivity contribution in [3.8, 4) is 0 Å². The molecule has 0 aliphatic carbocycles. The summed E-state index contributed by atoms with van der Waals surface area (Å²) >= 11 is 0. The summed E-state index contributed by atoms with van der Waals surface area (Å²) in [6, 6.07) is -0.675. The van der Waals surface area contributed by atoms with E-state index in [-0.39, 0.29) is 12.2 Å². The van der Waals surface area contributed by atoms with Crippen molar-refractivity contribution in [2.24, 2.45) is 0 Å². The Morgan fingerprint density at radius 1 is 1.85 bits per heavy atom. The molecule has 0 radical (unpaired) electrons. The third-order valence-corrected chi connectivity index (χ3v) is 1.91. The molecule has 0 spiro atoms. The monoisotopic (exact) mass is 187 g/mol. The van der Waals surface area contributed by atoms with Crippen molar-refractivity contribution in [1.29, 1.82) is 0 Å². The predicted molar refractivity (Wildman–Crippen MR) is 44.8 cm³/mol. The quantitative estimate of drug-likeness (QED) is 0.495. The van der Waals surface area contributed by atoms with Gasteiger partial charge >= 0.3 is 5.97 Å². The average molecular weight is 187 g/mol. The standard InChI is InChI=1S/C7H13N3O3/c1-4(6(12)13)8-7-9-5(11)3-10(7)2/h4,7-8H,3H2,1-2H3,(H,9,11)(H,12,13)/t4-,7?/m0/s1. The average Bonchev–Trinajstić information content (AvgIpc) is 2.30. The first-order chi connectivity index (χ1) is 6.00. The van der Waals surface area contributed by atoms with Crippen LogP contribution < -0.4 is 10.6 Å². The maximum absolute atomic E-state index is 10.9. The van der Waals surface area contributed by atoms with Crippen molar-refractivity contribution in [3.05, 3.63) is 0 Å². The molecule has 1 heterocycles. The van der Waals surface area contributed by atoms with Crippen LogP contribution in [0.25, 0.3) is 0 Å². The van der Waals surface area contributed by atoms with Crippen molar-refractivity contribution in [1.82, 2.24) is 15.5 Å². The lowest BCUT2D eigenvalue weighted by Crippen LogP contribution is -2.52. The molecule has 1 amide bonds. The van der Waals surface area contributed by atoms with Crippen LogP contribution in [0.5, 0.6) is 0 Å². The van der Waals surface area contributed by atoms with E-state index in [0.717, 1.165) is 0 Å². The number of carboxylic acid groups (broad SMARTS) is 1. The lowest BCUT2D eigenvalue weighted by atomic mass is 10.3. The van der Waals surface area contributed by atoms with E-state index in [1.54, 1.807) is 11.9 Å². The predicted octanol–water partition coefficient (Wildman–Crippen LogP) is -1.61. The second kappa shape index (κ2) is 3.71. The zero-order valence-corrected chi connectivity index (χ0v) is 7.57. The van der Waals surface area contributed by atoms with Gasteiger partial charge in [0.05, 0.1) is 6.54 Å². The van der Waals surface area contributed by atoms with Gasteiger partial charge in [-0.25, -0.2) is 0 Å². The van der Waals surface area contributed by atoms with Crippen LogP contribution in [0.2, 0.25) is 0 Å². The fourth-order valence-corrected chi connectivity index (χ4v) is 1.10. The Balaban J connectivity index is 2.45. The number of nitrogens with one attached hydrogen (secondary N) is 2. The molecule has 0 aromatic rings. The van der Waals surface area contributed by atoms with E-state index < -0.39 is 12.0 Å². The molecule has 1 unspecified atom stereocenters. The first-order valence-electron chi connectivity index (χ1n) is 3.99. The normalized spacial score (nSPS) is 25.7.